The third-order valence-electron chi connectivity index (χ3n) is 3.30. The van der Waals surface area contributed by atoms with Gasteiger partial charge in [-0.25, -0.2) is 9.97 Å². The topological polar surface area (TPSA) is 102 Å². The molecular weight excluding hydrogens is 306 g/mol. The Balaban J connectivity index is 1.75. The number of nitrogens with zero attached hydrogens (tertiary/aromatic N) is 3. The van der Waals surface area contributed by atoms with Crippen molar-refractivity contribution in [2.45, 2.75) is 6.54 Å². The molecule has 1 aromatic heterocycles. The van der Waals surface area contributed by atoms with Crippen molar-refractivity contribution >= 4 is 17.3 Å². The quantitative estimate of drug-likeness (QED) is 0.668. The minimum atomic E-state index is -0.0930. The maximum Gasteiger partial charge on any atom is 0.141 e. The van der Waals surface area contributed by atoms with Crippen molar-refractivity contribution in [1.29, 1.82) is 0 Å². The highest BCUT2D eigenvalue weighted by Crippen LogP contribution is 2.26. The van der Waals surface area contributed by atoms with Crippen LogP contribution in [0.2, 0.25) is 0 Å². The van der Waals surface area contributed by atoms with Gasteiger partial charge in [0.2, 0.25) is 0 Å². The molecule has 0 spiro atoms. The monoisotopic (exact) mass is 321 g/mol. The molecule has 1 heterocycles. The lowest BCUT2D eigenvalue weighted by Gasteiger charge is -2.11. The van der Waals surface area contributed by atoms with Crippen molar-refractivity contribution in [2.75, 3.05) is 11.1 Å². The van der Waals surface area contributed by atoms with Gasteiger partial charge in [0.05, 0.1) is 5.56 Å². The number of para-hydroxylation sites is 1. The van der Waals surface area contributed by atoms with E-state index in [1.54, 1.807) is 0 Å². The number of ether oxygens (including phenoxy) is 1. The van der Waals surface area contributed by atoms with Gasteiger partial charge in [-0.2, -0.15) is 4.91 Å². The number of anilines is 3. The highest BCUT2D eigenvalue weighted by molar-refractivity contribution is 5.64. The van der Waals surface area contributed by atoms with Crippen molar-refractivity contribution in [2.24, 2.45) is 5.18 Å². The van der Waals surface area contributed by atoms with Gasteiger partial charge in [-0.3, -0.25) is 0 Å². The Morgan fingerprint density at radius 1 is 1.00 bits per heavy atom. The number of hydrogen-bond acceptors (Lipinski definition) is 7. The lowest BCUT2D eigenvalue weighted by Crippen LogP contribution is -2.04. The zero-order chi connectivity index (χ0) is 16.8. The Labute approximate surface area is 138 Å². The molecule has 2 aromatic carbocycles. The van der Waals surface area contributed by atoms with E-state index in [0.717, 1.165) is 11.4 Å². The van der Waals surface area contributed by atoms with E-state index in [0.29, 0.717) is 17.1 Å². The van der Waals surface area contributed by atoms with Gasteiger partial charge in [0.25, 0.3) is 0 Å². The highest BCUT2D eigenvalue weighted by atomic mass is 16.5. The smallest absolute Gasteiger partial charge is 0.141 e. The summed E-state index contributed by atoms with van der Waals surface area (Å²) in [7, 11) is 0. The number of nitrogens with two attached hydrogens (primary N) is 1. The number of nitroso groups, excluding NO2 is 1. The molecule has 3 rings (SSSR count). The van der Waals surface area contributed by atoms with Crippen molar-refractivity contribution in [3.8, 4) is 11.5 Å². The molecule has 0 unspecified atom stereocenters. The van der Waals surface area contributed by atoms with Crippen molar-refractivity contribution in [3.63, 3.8) is 0 Å². The fourth-order valence-corrected chi connectivity index (χ4v) is 2.12. The van der Waals surface area contributed by atoms with Crippen LogP contribution in [0.4, 0.5) is 17.3 Å². The Kier molecular flexibility index (Phi) is 4.62. The molecular formula is C17H15N5O2. The molecule has 0 saturated heterocycles. The molecule has 0 bridgehead atoms. The zero-order valence-electron chi connectivity index (χ0n) is 12.7. The fourth-order valence-electron chi connectivity index (χ4n) is 2.12. The lowest BCUT2D eigenvalue weighted by molar-refractivity contribution is 0.483. The summed E-state index contributed by atoms with van der Waals surface area (Å²) in [6, 6.07) is 16.9. The average molecular weight is 321 g/mol. The number of nitrogen functional groups attached to an aromatic ring is 1. The fraction of sp³-hybridized carbons (Fsp3) is 0.0588. The zero-order valence-corrected chi connectivity index (χ0v) is 12.7. The maximum absolute atomic E-state index is 10.5. The Bertz CT molecular complexity index is 822. The first-order valence-electron chi connectivity index (χ1n) is 7.24. The summed E-state index contributed by atoms with van der Waals surface area (Å²) in [4.78, 5) is 18.5. The Hall–Kier alpha value is -3.48. The first kappa shape index (κ1) is 15.4. The van der Waals surface area contributed by atoms with E-state index < -0.39 is 0 Å². The van der Waals surface area contributed by atoms with Crippen LogP contribution in [0.15, 0.2) is 66.1 Å². The van der Waals surface area contributed by atoms with Gasteiger partial charge in [0.15, 0.2) is 0 Å². The van der Waals surface area contributed by atoms with Crippen LogP contribution in [0.1, 0.15) is 5.56 Å². The van der Waals surface area contributed by atoms with Crippen LogP contribution >= 0.6 is 0 Å². The predicted octanol–water partition coefficient (Wildman–Crippen LogP) is 3.86. The van der Waals surface area contributed by atoms with Gasteiger partial charge < -0.3 is 15.8 Å². The second-order valence-corrected chi connectivity index (χ2v) is 4.94. The molecule has 120 valence electrons. The molecule has 0 aliphatic heterocycles. The molecule has 7 nitrogen and oxygen atoms in total. The minimum absolute atomic E-state index is 0.0930. The van der Waals surface area contributed by atoms with E-state index >= 15 is 0 Å². The first-order chi connectivity index (χ1) is 11.8. The molecule has 0 saturated carbocycles. The molecule has 3 N–H and O–H groups in total. The minimum Gasteiger partial charge on any atom is -0.457 e. The number of rotatable bonds is 6. The summed E-state index contributed by atoms with van der Waals surface area (Å²) < 4.78 is 5.74. The summed E-state index contributed by atoms with van der Waals surface area (Å²) in [6.07, 6.45) is 1.33. The van der Waals surface area contributed by atoms with Gasteiger partial charge in [-0.1, -0.05) is 23.4 Å². The van der Waals surface area contributed by atoms with Gasteiger partial charge >= 0.3 is 0 Å². The molecule has 7 heteroatoms. The third-order valence-corrected chi connectivity index (χ3v) is 3.30. The van der Waals surface area contributed by atoms with E-state index in [4.69, 9.17) is 10.5 Å². The Morgan fingerprint density at radius 2 is 1.71 bits per heavy atom. The standard InChI is InChI=1S/C17H15N5O2/c18-16-15(10-21-23)17(20-11-19-16)22-12-6-8-14(9-7-12)24-13-4-2-1-3-5-13/h1-9,11H,10H2,(H3,18,19,20,22). The van der Waals surface area contributed by atoms with Gasteiger partial charge in [0, 0.05) is 5.69 Å². The second-order valence-electron chi connectivity index (χ2n) is 4.94. The normalized spacial score (nSPS) is 10.2. The second kappa shape index (κ2) is 7.19. The van der Waals surface area contributed by atoms with E-state index in [2.05, 4.69) is 20.5 Å². The largest absolute Gasteiger partial charge is 0.457 e. The van der Waals surface area contributed by atoms with E-state index in [9.17, 15) is 4.91 Å². The van der Waals surface area contributed by atoms with Crippen LogP contribution in [-0.4, -0.2) is 9.97 Å². The van der Waals surface area contributed by atoms with Crippen LogP contribution in [0.3, 0.4) is 0 Å². The summed E-state index contributed by atoms with van der Waals surface area (Å²) in [5.74, 6) is 2.17. The van der Waals surface area contributed by atoms with Crippen LogP contribution in [-0.2, 0) is 6.54 Å². The van der Waals surface area contributed by atoms with Gasteiger partial charge in [-0.05, 0) is 36.4 Å². The maximum atomic E-state index is 10.5. The van der Waals surface area contributed by atoms with E-state index in [-0.39, 0.29) is 12.4 Å². The summed E-state index contributed by atoms with van der Waals surface area (Å²) >= 11 is 0. The van der Waals surface area contributed by atoms with Crippen molar-refractivity contribution in [3.05, 3.63) is 71.4 Å². The summed E-state index contributed by atoms with van der Waals surface area (Å²) in [5.41, 5.74) is 7.01. The van der Waals surface area contributed by atoms with Crippen LogP contribution in [0.5, 0.6) is 11.5 Å². The molecule has 0 fully saturated rings. The number of nitrogens with one attached hydrogen (secondary N) is 1. The average Bonchev–Trinajstić information content (AvgIpc) is 2.61. The summed E-state index contributed by atoms with van der Waals surface area (Å²) in [6.45, 7) is -0.0930. The third kappa shape index (κ3) is 3.64. The SMILES string of the molecule is Nc1ncnc(Nc2ccc(Oc3ccccc3)cc2)c1CN=O. The molecule has 0 aliphatic carbocycles. The predicted molar refractivity (Wildman–Crippen MR) is 92.2 cm³/mol. The van der Waals surface area contributed by atoms with Crippen LogP contribution < -0.4 is 15.8 Å². The Morgan fingerprint density at radius 3 is 2.42 bits per heavy atom. The molecule has 0 aliphatic rings. The van der Waals surface area contributed by atoms with Crippen molar-refractivity contribution < 1.29 is 4.74 Å². The van der Waals surface area contributed by atoms with E-state index in [1.807, 2.05) is 54.6 Å². The van der Waals surface area contributed by atoms with Crippen molar-refractivity contribution in [1.82, 2.24) is 9.97 Å². The van der Waals surface area contributed by atoms with Crippen LogP contribution in [0, 0.1) is 4.91 Å². The molecule has 3 aromatic rings. The van der Waals surface area contributed by atoms with Gasteiger partial charge in [0.1, 0.15) is 36.0 Å². The van der Waals surface area contributed by atoms with Gasteiger partial charge in [-0.15, -0.1) is 0 Å². The molecule has 0 atom stereocenters. The number of hydrogen-bond donors (Lipinski definition) is 2. The number of aromatic nitrogens is 2. The summed E-state index contributed by atoms with van der Waals surface area (Å²) in [5, 5.41) is 5.96. The highest BCUT2D eigenvalue weighted by Gasteiger charge is 2.09. The first-order valence-corrected chi connectivity index (χ1v) is 7.24. The van der Waals surface area contributed by atoms with E-state index in [1.165, 1.54) is 6.33 Å². The van der Waals surface area contributed by atoms with Crippen LogP contribution in [0.25, 0.3) is 0 Å². The lowest BCUT2D eigenvalue weighted by atomic mass is 10.2. The molecule has 24 heavy (non-hydrogen) atoms. The molecule has 0 radical (unpaired) electrons. The number of benzene rings is 2. The molecule has 0 amide bonds.